The third-order valence-corrected chi connectivity index (χ3v) is 2.08. The van der Waals surface area contributed by atoms with Crippen molar-refractivity contribution in [1.82, 2.24) is 4.90 Å². The number of rotatable bonds is 4. The zero-order valence-corrected chi connectivity index (χ0v) is 7.99. The van der Waals surface area contributed by atoms with Crippen molar-refractivity contribution >= 4 is 5.91 Å². The number of nitrogens with zero attached hydrogens (tertiary/aromatic N) is 1. The number of carbonyl (C=O) groups excluding carboxylic acids is 1. The van der Waals surface area contributed by atoms with E-state index < -0.39 is 0 Å². The first-order valence-corrected chi connectivity index (χ1v) is 4.63. The molecule has 0 unspecified atom stereocenters. The largest absolute Gasteiger partial charge is 0.328 e. The SMILES string of the molecule is C#CCN(CC1CC1)C(=O)/C=C/C. The van der Waals surface area contributed by atoms with Gasteiger partial charge in [0.2, 0.25) is 5.91 Å². The van der Waals surface area contributed by atoms with Crippen molar-refractivity contribution in [3.05, 3.63) is 12.2 Å². The molecule has 0 spiro atoms. The van der Waals surface area contributed by atoms with E-state index in [1.807, 2.05) is 6.92 Å². The van der Waals surface area contributed by atoms with Gasteiger partial charge in [-0.05, 0) is 31.8 Å². The molecule has 1 aliphatic carbocycles. The lowest BCUT2D eigenvalue weighted by Crippen LogP contribution is -2.31. The molecule has 2 nitrogen and oxygen atoms in total. The Kier molecular flexibility index (Phi) is 3.57. The molecule has 0 heterocycles. The molecule has 0 bridgehead atoms. The number of terminal acetylenes is 1. The van der Waals surface area contributed by atoms with Crippen LogP contribution < -0.4 is 0 Å². The topological polar surface area (TPSA) is 20.3 Å². The minimum Gasteiger partial charge on any atom is -0.328 e. The minimum atomic E-state index is 0.0346. The van der Waals surface area contributed by atoms with Crippen LogP contribution in [0.3, 0.4) is 0 Å². The van der Waals surface area contributed by atoms with Gasteiger partial charge in [0.1, 0.15) is 0 Å². The number of hydrogen-bond donors (Lipinski definition) is 0. The predicted octanol–water partition coefficient (Wildman–Crippen LogP) is 1.43. The number of hydrogen-bond acceptors (Lipinski definition) is 1. The summed E-state index contributed by atoms with van der Waals surface area (Å²) in [4.78, 5) is 13.2. The Morgan fingerprint density at radius 3 is 2.85 bits per heavy atom. The third-order valence-electron chi connectivity index (χ3n) is 2.08. The van der Waals surface area contributed by atoms with E-state index in [4.69, 9.17) is 6.42 Å². The van der Waals surface area contributed by atoms with Crippen molar-refractivity contribution in [2.24, 2.45) is 5.92 Å². The van der Waals surface area contributed by atoms with Crippen molar-refractivity contribution in [3.63, 3.8) is 0 Å². The van der Waals surface area contributed by atoms with Crippen LogP contribution in [-0.4, -0.2) is 23.9 Å². The molecule has 1 fully saturated rings. The van der Waals surface area contributed by atoms with E-state index in [9.17, 15) is 4.79 Å². The molecule has 0 N–H and O–H groups in total. The van der Waals surface area contributed by atoms with E-state index in [1.165, 1.54) is 12.8 Å². The van der Waals surface area contributed by atoms with Gasteiger partial charge in [0.15, 0.2) is 0 Å². The highest BCUT2D eigenvalue weighted by atomic mass is 16.2. The normalized spacial score (nSPS) is 15.7. The smallest absolute Gasteiger partial charge is 0.247 e. The zero-order valence-electron chi connectivity index (χ0n) is 7.99. The lowest BCUT2D eigenvalue weighted by molar-refractivity contribution is -0.125. The Hall–Kier alpha value is -1.23. The van der Waals surface area contributed by atoms with E-state index >= 15 is 0 Å². The summed E-state index contributed by atoms with van der Waals surface area (Å²) in [6.45, 7) is 3.09. The van der Waals surface area contributed by atoms with Crippen molar-refractivity contribution in [2.75, 3.05) is 13.1 Å². The molecule has 1 rings (SSSR count). The van der Waals surface area contributed by atoms with Gasteiger partial charge in [0.05, 0.1) is 6.54 Å². The number of amides is 1. The molecule has 2 heteroatoms. The van der Waals surface area contributed by atoms with Crippen LogP contribution in [0.2, 0.25) is 0 Å². The van der Waals surface area contributed by atoms with Gasteiger partial charge in [0, 0.05) is 6.54 Å². The third kappa shape index (κ3) is 3.33. The summed E-state index contributed by atoms with van der Waals surface area (Å²) in [5, 5.41) is 0. The summed E-state index contributed by atoms with van der Waals surface area (Å²) >= 11 is 0. The molecule has 0 aromatic rings. The summed E-state index contributed by atoms with van der Waals surface area (Å²) in [6.07, 6.45) is 11.0. The molecule has 1 saturated carbocycles. The van der Waals surface area contributed by atoms with Gasteiger partial charge in [-0.1, -0.05) is 12.0 Å². The molecule has 1 aliphatic rings. The molecule has 70 valence electrons. The van der Waals surface area contributed by atoms with E-state index in [-0.39, 0.29) is 5.91 Å². The van der Waals surface area contributed by atoms with Crippen LogP contribution in [0.4, 0.5) is 0 Å². The van der Waals surface area contributed by atoms with Crippen LogP contribution in [0, 0.1) is 18.3 Å². The molecule has 0 aliphatic heterocycles. The standard InChI is InChI=1S/C11H15NO/c1-3-5-11(13)12(8-4-2)9-10-6-7-10/h2-3,5,10H,6-9H2,1H3/b5-3+. The highest BCUT2D eigenvalue weighted by Gasteiger charge is 2.25. The molecule has 0 radical (unpaired) electrons. The van der Waals surface area contributed by atoms with E-state index in [0.717, 1.165) is 6.54 Å². The van der Waals surface area contributed by atoms with Gasteiger partial charge >= 0.3 is 0 Å². The van der Waals surface area contributed by atoms with Gasteiger partial charge in [-0.2, -0.15) is 0 Å². The fourth-order valence-corrected chi connectivity index (χ4v) is 1.20. The maximum absolute atomic E-state index is 11.4. The first-order valence-electron chi connectivity index (χ1n) is 4.63. The Balaban J connectivity index is 2.44. The average molecular weight is 177 g/mol. The first kappa shape index (κ1) is 9.85. The summed E-state index contributed by atoms with van der Waals surface area (Å²) in [6, 6.07) is 0. The van der Waals surface area contributed by atoms with Crippen LogP contribution in [0.1, 0.15) is 19.8 Å². The van der Waals surface area contributed by atoms with Gasteiger partial charge in [0.25, 0.3) is 0 Å². The summed E-state index contributed by atoms with van der Waals surface area (Å²) in [5.41, 5.74) is 0. The predicted molar refractivity (Wildman–Crippen MR) is 53.0 cm³/mol. The lowest BCUT2D eigenvalue weighted by Gasteiger charge is -2.17. The zero-order chi connectivity index (χ0) is 9.68. The Morgan fingerprint density at radius 1 is 1.69 bits per heavy atom. The quantitative estimate of drug-likeness (QED) is 0.470. The molecule has 1 amide bonds. The molecular formula is C11H15NO. The van der Waals surface area contributed by atoms with Gasteiger partial charge in [-0.3, -0.25) is 4.79 Å². The van der Waals surface area contributed by atoms with Crippen molar-refractivity contribution < 1.29 is 4.79 Å². The van der Waals surface area contributed by atoms with Gasteiger partial charge in [-0.15, -0.1) is 6.42 Å². The highest BCUT2D eigenvalue weighted by Crippen LogP contribution is 2.29. The fourth-order valence-electron chi connectivity index (χ4n) is 1.20. The minimum absolute atomic E-state index is 0.0346. The number of carbonyl (C=O) groups is 1. The van der Waals surface area contributed by atoms with Crippen LogP contribution in [0.25, 0.3) is 0 Å². The van der Waals surface area contributed by atoms with Crippen LogP contribution in [0.5, 0.6) is 0 Å². The van der Waals surface area contributed by atoms with E-state index in [1.54, 1.807) is 17.1 Å². The van der Waals surface area contributed by atoms with Crippen molar-refractivity contribution in [1.29, 1.82) is 0 Å². The molecule has 0 aromatic carbocycles. The molecular weight excluding hydrogens is 162 g/mol. The summed E-state index contributed by atoms with van der Waals surface area (Å²) in [5.74, 6) is 3.24. The van der Waals surface area contributed by atoms with Gasteiger partial charge in [-0.25, -0.2) is 0 Å². The fraction of sp³-hybridized carbons (Fsp3) is 0.545. The second-order valence-electron chi connectivity index (χ2n) is 3.37. The first-order chi connectivity index (χ1) is 6.27. The van der Waals surface area contributed by atoms with Crippen LogP contribution in [-0.2, 0) is 4.79 Å². The monoisotopic (exact) mass is 177 g/mol. The maximum atomic E-state index is 11.4. The Bertz CT molecular complexity index is 245. The highest BCUT2D eigenvalue weighted by molar-refractivity contribution is 5.87. The Morgan fingerprint density at radius 2 is 2.38 bits per heavy atom. The molecule has 0 atom stereocenters. The van der Waals surface area contributed by atoms with Crippen LogP contribution >= 0.6 is 0 Å². The molecule has 0 aromatic heterocycles. The average Bonchev–Trinajstić information content (AvgIpc) is 2.88. The molecule has 13 heavy (non-hydrogen) atoms. The summed E-state index contributed by atoms with van der Waals surface area (Å²) < 4.78 is 0. The Labute approximate surface area is 79.6 Å². The van der Waals surface area contributed by atoms with Crippen LogP contribution in [0.15, 0.2) is 12.2 Å². The lowest BCUT2D eigenvalue weighted by atomic mass is 10.3. The van der Waals surface area contributed by atoms with Crippen molar-refractivity contribution in [3.8, 4) is 12.3 Å². The molecule has 0 saturated heterocycles. The second-order valence-corrected chi connectivity index (χ2v) is 3.37. The number of allylic oxidation sites excluding steroid dienone is 1. The maximum Gasteiger partial charge on any atom is 0.247 e. The van der Waals surface area contributed by atoms with Gasteiger partial charge < -0.3 is 4.90 Å². The van der Waals surface area contributed by atoms with E-state index in [0.29, 0.717) is 12.5 Å². The van der Waals surface area contributed by atoms with E-state index in [2.05, 4.69) is 5.92 Å². The summed E-state index contributed by atoms with van der Waals surface area (Å²) in [7, 11) is 0. The van der Waals surface area contributed by atoms with Crippen molar-refractivity contribution in [2.45, 2.75) is 19.8 Å². The second kappa shape index (κ2) is 4.71.